The molecule has 0 bridgehead atoms. The highest BCUT2D eigenvalue weighted by atomic mass is 16.2. The van der Waals surface area contributed by atoms with Crippen LogP contribution in [0.4, 0.5) is 5.69 Å². The summed E-state index contributed by atoms with van der Waals surface area (Å²) in [6.45, 7) is 7.57. The van der Waals surface area contributed by atoms with Crippen molar-refractivity contribution in [3.05, 3.63) is 62.6 Å². The molecule has 1 aromatic heterocycles. The quantitative estimate of drug-likeness (QED) is 0.922. The fourth-order valence-corrected chi connectivity index (χ4v) is 2.50. The summed E-state index contributed by atoms with van der Waals surface area (Å²) < 4.78 is 1.49. The third kappa shape index (κ3) is 3.05. The molecule has 0 saturated carbocycles. The summed E-state index contributed by atoms with van der Waals surface area (Å²) >= 11 is 0. The predicted molar refractivity (Wildman–Crippen MR) is 85.0 cm³/mol. The maximum atomic E-state index is 12.4. The zero-order valence-electron chi connectivity index (χ0n) is 13.1. The van der Waals surface area contributed by atoms with E-state index in [9.17, 15) is 9.59 Å². The topological polar surface area (TPSA) is 51.1 Å². The van der Waals surface area contributed by atoms with Gasteiger partial charge in [-0.15, -0.1) is 0 Å². The molecule has 0 aliphatic rings. The number of benzene rings is 1. The van der Waals surface area contributed by atoms with Crippen molar-refractivity contribution >= 4 is 11.6 Å². The summed E-state index contributed by atoms with van der Waals surface area (Å²) in [6.07, 6.45) is 0. The van der Waals surface area contributed by atoms with Gasteiger partial charge in [0.1, 0.15) is 5.56 Å². The number of pyridine rings is 1. The van der Waals surface area contributed by atoms with Crippen molar-refractivity contribution in [3.8, 4) is 0 Å². The molecule has 1 amide bonds. The third-order valence-corrected chi connectivity index (χ3v) is 3.57. The number of hydrogen-bond acceptors (Lipinski definition) is 2. The van der Waals surface area contributed by atoms with Crippen LogP contribution in [0.25, 0.3) is 0 Å². The standard InChI is InChI=1S/C17H20N2O2/c1-10-6-11(2)8-14(7-10)18-16(20)15-12(3)9-13(4)19(5)17(15)21/h6-9H,1-5H3,(H,18,20). The molecule has 2 aromatic rings. The van der Waals surface area contributed by atoms with E-state index in [0.29, 0.717) is 11.3 Å². The molecule has 2 rings (SSSR count). The molecule has 4 nitrogen and oxygen atoms in total. The van der Waals surface area contributed by atoms with Gasteiger partial charge in [0.05, 0.1) is 0 Å². The maximum absolute atomic E-state index is 12.4. The summed E-state index contributed by atoms with van der Waals surface area (Å²) in [7, 11) is 1.67. The van der Waals surface area contributed by atoms with Gasteiger partial charge >= 0.3 is 0 Å². The molecule has 1 N–H and O–H groups in total. The Morgan fingerprint density at radius 1 is 1.00 bits per heavy atom. The van der Waals surface area contributed by atoms with Crippen LogP contribution < -0.4 is 10.9 Å². The monoisotopic (exact) mass is 284 g/mol. The molecular weight excluding hydrogens is 264 g/mol. The fourth-order valence-electron chi connectivity index (χ4n) is 2.50. The summed E-state index contributed by atoms with van der Waals surface area (Å²) in [4.78, 5) is 24.7. The molecule has 1 aromatic carbocycles. The molecule has 110 valence electrons. The molecule has 21 heavy (non-hydrogen) atoms. The maximum Gasteiger partial charge on any atom is 0.263 e. The number of aryl methyl sites for hydroxylation is 4. The number of aromatic nitrogens is 1. The van der Waals surface area contributed by atoms with Gasteiger partial charge in [-0.3, -0.25) is 9.59 Å². The fraction of sp³-hybridized carbons (Fsp3) is 0.294. The molecule has 0 aliphatic heterocycles. The normalized spacial score (nSPS) is 10.5. The molecule has 0 saturated heterocycles. The van der Waals surface area contributed by atoms with Crippen molar-refractivity contribution in [1.82, 2.24) is 4.57 Å². The van der Waals surface area contributed by atoms with E-state index in [1.165, 1.54) is 4.57 Å². The first-order valence-electron chi connectivity index (χ1n) is 6.86. The second kappa shape index (κ2) is 5.56. The smallest absolute Gasteiger partial charge is 0.263 e. The average molecular weight is 284 g/mol. The summed E-state index contributed by atoms with van der Waals surface area (Å²) in [5, 5.41) is 2.82. The van der Waals surface area contributed by atoms with Gasteiger partial charge in [0.15, 0.2) is 0 Å². The number of carbonyl (C=O) groups is 1. The van der Waals surface area contributed by atoms with E-state index in [4.69, 9.17) is 0 Å². The van der Waals surface area contributed by atoms with E-state index in [2.05, 4.69) is 5.32 Å². The molecule has 0 aliphatic carbocycles. The van der Waals surface area contributed by atoms with Crippen LogP contribution >= 0.6 is 0 Å². The Morgan fingerprint density at radius 3 is 2.14 bits per heavy atom. The van der Waals surface area contributed by atoms with Crippen LogP contribution in [-0.2, 0) is 7.05 Å². The second-order valence-electron chi connectivity index (χ2n) is 5.54. The van der Waals surface area contributed by atoms with E-state index in [0.717, 1.165) is 16.8 Å². The highest BCUT2D eigenvalue weighted by Crippen LogP contribution is 2.15. The largest absolute Gasteiger partial charge is 0.322 e. The molecule has 1 heterocycles. The van der Waals surface area contributed by atoms with Gasteiger partial charge in [0, 0.05) is 18.4 Å². The first kappa shape index (κ1) is 15.0. The van der Waals surface area contributed by atoms with E-state index in [-0.39, 0.29) is 17.0 Å². The Hall–Kier alpha value is -2.36. The highest BCUT2D eigenvalue weighted by Gasteiger charge is 2.16. The van der Waals surface area contributed by atoms with Gasteiger partial charge in [0.2, 0.25) is 0 Å². The van der Waals surface area contributed by atoms with Crippen molar-refractivity contribution in [2.75, 3.05) is 5.32 Å². The zero-order chi connectivity index (χ0) is 15.7. The Balaban J connectivity index is 2.42. The van der Waals surface area contributed by atoms with Crippen LogP contribution in [0.1, 0.15) is 32.7 Å². The van der Waals surface area contributed by atoms with Crippen molar-refractivity contribution in [1.29, 1.82) is 0 Å². The first-order chi connectivity index (χ1) is 9.79. The summed E-state index contributed by atoms with van der Waals surface area (Å²) in [5.41, 5.74) is 4.30. The van der Waals surface area contributed by atoms with E-state index in [1.54, 1.807) is 14.0 Å². The Bertz CT molecular complexity index is 753. The molecule has 0 unspecified atom stereocenters. The lowest BCUT2D eigenvalue weighted by Crippen LogP contribution is -2.30. The van der Waals surface area contributed by atoms with E-state index in [1.807, 2.05) is 45.0 Å². The van der Waals surface area contributed by atoms with Crippen LogP contribution in [0.15, 0.2) is 29.1 Å². The summed E-state index contributed by atoms with van der Waals surface area (Å²) in [6, 6.07) is 7.65. The zero-order valence-corrected chi connectivity index (χ0v) is 13.1. The van der Waals surface area contributed by atoms with Crippen LogP contribution in [0.3, 0.4) is 0 Å². The van der Waals surface area contributed by atoms with E-state index >= 15 is 0 Å². The molecule has 0 atom stereocenters. The number of nitrogens with one attached hydrogen (secondary N) is 1. The summed E-state index contributed by atoms with van der Waals surface area (Å²) in [5.74, 6) is -0.363. The van der Waals surface area contributed by atoms with Crippen LogP contribution in [0.2, 0.25) is 0 Å². The van der Waals surface area contributed by atoms with Gasteiger partial charge in [0.25, 0.3) is 11.5 Å². The minimum Gasteiger partial charge on any atom is -0.322 e. The molecule has 0 radical (unpaired) electrons. The molecule has 0 spiro atoms. The molecule has 4 heteroatoms. The van der Waals surface area contributed by atoms with Crippen LogP contribution in [0.5, 0.6) is 0 Å². The van der Waals surface area contributed by atoms with Crippen molar-refractivity contribution in [2.45, 2.75) is 27.7 Å². The SMILES string of the molecule is Cc1cc(C)cc(NC(=O)c2c(C)cc(C)n(C)c2=O)c1. The first-order valence-corrected chi connectivity index (χ1v) is 6.86. The van der Waals surface area contributed by atoms with Crippen molar-refractivity contribution < 1.29 is 4.79 Å². The lowest BCUT2D eigenvalue weighted by Gasteiger charge is -2.12. The van der Waals surface area contributed by atoms with Gasteiger partial charge in [-0.1, -0.05) is 6.07 Å². The number of hydrogen-bond donors (Lipinski definition) is 1. The minimum absolute atomic E-state index is 0.197. The number of nitrogens with zero attached hydrogens (tertiary/aromatic N) is 1. The van der Waals surface area contributed by atoms with Crippen LogP contribution in [-0.4, -0.2) is 10.5 Å². The van der Waals surface area contributed by atoms with Gasteiger partial charge in [-0.25, -0.2) is 0 Å². The Kier molecular flexibility index (Phi) is 3.98. The van der Waals surface area contributed by atoms with Gasteiger partial charge < -0.3 is 9.88 Å². The van der Waals surface area contributed by atoms with Gasteiger partial charge in [-0.2, -0.15) is 0 Å². The third-order valence-electron chi connectivity index (χ3n) is 3.57. The molecule has 0 fully saturated rings. The average Bonchev–Trinajstić information content (AvgIpc) is 2.34. The Labute approximate surface area is 124 Å². The molecular formula is C17H20N2O2. The number of rotatable bonds is 2. The predicted octanol–water partition coefficient (Wildman–Crippen LogP) is 2.87. The van der Waals surface area contributed by atoms with Crippen LogP contribution in [0, 0.1) is 27.7 Å². The van der Waals surface area contributed by atoms with Gasteiger partial charge in [-0.05, 0) is 62.6 Å². The van der Waals surface area contributed by atoms with Crippen molar-refractivity contribution in [3.63, 3.8) is 0 Å². The van der Waals surface area contributed by atoms with Crippen molar-refractivity contribution in [2.24, 2.45) is 7.05 Å². The Morgan fingerprint density at radius 2 is 1.57 bits per heavy atom. The highest BCUT2D eigenvalue weighted by molar-refractivity contribution is 6.05. The number of amides is 1. The lowest BCUT2D eigenvalue weighted by molar-refractivity contribution is 0.102. The second-order valence-corrected chi connectivity index (χ2v) is 5.54. The lowest BCUT2D eigenvalue weighted by atomic mass is 10.1. The number of carbonyl (C=O) groups excluding carboxylic acids is 1. The minimum atomic E-state index is -0.363. The number of anilines is 1. The van der Waals surface area contributed by atoms with E-state index < -0.39 is 0 Å².